The fourth-order valence-corrected chi connectivity index (χ4v) is 4.73. The molecule has 0 N–H and O–H groups in total. The highest BCUT2D eigenvalue weighted by Gasteiger charge is 2.18. The second-order valence-corrected chi connectivity index (χ2v) is 9.47. The predicted octanol–water partition coefficient (Wildman–Crippen LogP) is 6.17. The zero-order chi connectivity index (χ0) is 26.0. The number of aryl methyl sites for hydroxylation is 1. The van der Waals surface area contributed by atoms with Crippen molar-refractivity contribution in [3.05, 3.63) is 80.0 Å². The minimum atomic E-state index is -0.257. The minimum Gasteiger partial charge on any atom is -0.496 e. The Morgan fingerprint density at radius 1 is 1.00 bits per heavy atom. The van der Waals surface area contributed by atoms with Gasteiger partial charge in [0.25, 0.3) is 5.56 Å². The molecule has 0 atom stereocenters. The lowest BCUT2D eigenvalue weighted by Gasteiger charge is -2.17. The van der Waals surface area contributed by atoms with Crippen molar-refractivity contribution in [1.29, 1.82) is 0 Å². The summed E-state index contributed by atoms with van der Waals surface area (Å²) in [6.45, 7) is 6.18. The molecule has 1 heterocycles. The normalized spacial score (nSPS) is 11.4. The van der Waals surface area contributed by atoms with Crippen LogP contribution in [0, 0.1) is 6.92 Å². The van der Waals surface area contributed by atoms with E-state index < -0.39 is 0 Å². The van der Waals surface area contributed by atoms with E-state index in [4.69, 9.17) is 19.2 Å². The Morgan fingerprint density at radius 3 is 2.39 bits per heavy atom. The van der Waals surface area contributed by atoms with E-state index >= 15 is 0 Å². The molecule has 0 saturated heterocycles. The molecule has 1 aromatic heterocycles. The van der Waals surface area contributed by atoms with Crippen LogP contribution in [0.3, 0.4) is 0 Å². The first-order chi connectivity index (χ1) is 17.3. The number of ether oxygens (including phenoxy) is 3. The molecule has 8 heteroatoms. The Labute approximate surface area is 218 Å². The maximum Gasteiger partial charge on any atom is 0.282 e. The number of hydrogen-bond acceptors (Lipinski definition) is 6. The van der Waals surface area contributed by atoms with Gasteiger partial charge in [0.15, 0.2) is 17.3 Å². The highest BCUT2D eigenvalue weighted by atomic mass is 79.9. The maximum atomic E-state index is 13.6. The first-order valence-corrected chi connectivity index (χ1v) is 12.2. The lowest BCUT2D eigenvalue weighted by Crippen LogP contribution is -2.20. The number of aromatic nitrogens is 2. The summed E-state index contributed by atoms with van der Waals surface area (Å²) in [4.78, 5) is 18.5. The van der Waals surface area contributed by atoms with E-state index in [0.717, 1.165) is 28.0 Å². The fourth-order valence-electron chi connectivity index (χ4n) is 4.11. The van der Waals surface area contributed by atoms with Crippen LogP contribution in [0.2, 0.25) is 0 Å². The summed E-state index contributed by atoms with van der Waals surface area (Å²) in [5, 5.41) is 5.09. The van der Waals surface area contributed by atoms with Gasteiger partial charge in [-0.3, -0.25) is 4.79 Å². The number of rotatable bonds is 7. The van der Waals surface area contributed by atoms with Crippen LogP contribution >= 0.6 is 15.9 Å². The molecule has 0 bridgehead atoms. The van der Waals surface area contributed by atoms with Crippen LogP contribution in [-0.4, -0.2) is 37.2 Å². The number of nitrogens with zero attached hydrogens (tertiary/aromatic N) is 3. The quantitative estimate of drug-likeness (QED) is 0.258. The molecular weight excluding hydrogens is 522 g/mol. The first-order valence-electron chi connectivity index (χ1n) is 11.5. The number of hydrogen-bond donors (Lipinski definition) is 0. The van der Waals surface area contributed by atoms with Gasteiger partial charge >= 0.3 is 0 Å². The third-order valence-electron chi connectivity index (χ3n) is 5.97. The molecule has 186 valence electrons. The molecule has 0 radical (unpaired) electrons. The van der Waals surface area contributed by atoms with Crippen LogP contribution in [0.1, 0.15) is 36.5 Å². The van der Waals surface area contributed by atoms with E-state index in [2.05, 4.69) is 34.9 Å². The number of methoxy groups -OCH3 is 3. The molecule has 0 aliphatic carbocycles. The van der Waals surface area contributed by atoms with E-state index in [0.29, 0.717) is 32.7 Å². The van der Waals surface area contributed by atoms with Gasteiger partial charge in [0, 0.05) is 5.56 Å². The van der Waals surface area contributed by atoms with Gasteiger partial charge in [0.2, 0.25) is 0 Å². The average Bonchev–Trinajstić information content (AvgIpc) is 2.87. The summed E-state index contributed by atoms with van der Waals surface area (Å²) >= 11 is 3.51. The van der Waals surface area contributed by atoms with Gasteiger partial charge in [-0.15, -0.1) is 0 Å². The van der Waals surface area contributed by atoms with E-state index in [9.17, 15) is 4.79 Å². The second-order valence-electron chi connectivity index (χ2n) is 8.62. The lowest BCUT2D eigenvalue weighted by molar-refractivity contribution is 0.353. The Hall–Kier alpha value is -3.65. The molecule has 0 unspecified atom stereocenters. The van der Waals surface area contributed by atoms with Gasteiger partial charge < -0.3 is 14.2 Å². The summed E-state index contributed by atoms with van der Waals surface area (Å²) < 4.78 is 18.5. The zero-order valence-corrected chi connectivity index (χ0v) is 22.7. The standard InChI is InChI=1S/C28H28BrN3O4/c1-16(2)20-14-21(17(3)11-24(20)34-4)27-31-23-10-8-7-9-19(23)28(33)32(27)30-15-18-12-22(29)26(36-6)25(13-18)35-5/h7-16H,1-6H3. The Morgan fingerprint density at radius 2 is 1.72 bits per heavy atom. The Kier molecular flexibility index (Phi) is 7.45. The van der Waals surface area contributed by atoms with E-state index in [-0.39, 0.29) is 11.5 Å². The molecule has 0 aliphatic heterocycles. The van der Waals surface area contributed by atoms with Crippen LogP contribution in [0.5, 0.6) is 17.2 Å². The van der Waals surface area contributed by atoms with Crippen molar-refractivity contribution in [3.63, 3.8) is 0 Å². The average molecular weight is 550 g/mol. The van der Waals surface area contributed by atoms with Crippen LogP contribution in [0.15, 0.2) is 62.9 Å². The Bertz CT molecular complexity index is 1530. The molecule has 0 aliphatic rings. The number of halogens is 1. The molecule has 0 amide bonds. The molecular formula is C28H28BrN3O4. The third kappa shape index (κ3) is 4.73. The molecule has 3 aromatic carbocycles. The Balaban J connectivity index is 1.97. The molecule has 7 nitrogen and oxygen atoms in total. The summed E-state index contributed by atoms with van der Waals surface area (Å²) in [6.07, 6.45) is 1.61. The zero-order valence-electron chi connectivity index (χ0n) is 21.1. The number of benzene rings is 3. The first kappa shape index (κ1) is 25.4. The monoisotopic (exact) mass is 549 g/mol. The lowest BCUT2D eigenvalue weighted by atomic mass is 9.96. The highest BCUT2D eigenvalue weighted by molar-refractivity contribution is 9.10. The van der Waals surface area contributed by atoms with Gasteiger partial charge in [-0.2, -0.15) is 9.78 Å². The van der Waals surface area contributed by atoms with Crippen LogP contribution < -0.4 is 19.8 Å². The number of para-hydroxylation sites is 1. The van der Waals surface area contributed by atoms with Crippen molar-refractivity contribution in [2.24, 2.45) is 5.10 Å². The van der Waals surface area contributed by atoms with Gasteiger partial charge in [-0.25, -0.2) is 4.98 Å². The van der Waals surface area contributed by atoms with Crippen molar-refractivity contribution in [2.45, 2.75) is 26.7 Å². The van der Waals surface area contributed by atoms with Gasteiger partial charge in [0.05, 0.1) is 42.9 Å². The van der Waals surface area contributed by atoms with Crippen LogP contribution in [0.25, 0.3) is 22.3 Å². The fraction of sp³-hybridized carbons (Fsp3) is 0.250. The van der Waals surface area contributed by atoms with Crippen molar-refractivity contribution < 1.29 is 14.2 Å². The molecule has 0 spiro atoms. The summed E-state index contributed by atoms with van der Waals surface area (Å²) in [7, 11) is 4.81. The van der Waals surface area contributed by atoms with E-state index in [1.54, 1.807) is 39.7 Å². The van der Waals surface area contributed by atoms with Crippen molar-refractivity contribution in [3.8, 4) is 28.6 Å². The van der Waals surface area contributed by atoms with Crippen LogP contribution in [0.4, 0.5) is 0 Å². The third-order valence-corrected chi connectivity index (χ3v) is 6.56. The highest BCUT2D eigenvalue weighted by Crippen LogP contribution is 2.36. The SMILES string of the molecule is COc1cc(C)c(-c2nc3ccccc3c(=O)n2N=Cc2cc(Br)c(OC)c(OC)c2)cc1C(C)C. The topological polar surface area (TPSA) is 74.9 Å². The predicted molar refractivity (Wildman–Crippen MR) is 147 cm³/mol. The van der Waals surface area contributed by atoms with Gasteiger partial charge in [-0.1, -0.05) is 26.0 Å². The second kappa shape index (κ2) is 10.5. The smallest absolute Gasteiger partial charge is 0.282 e. The summed E-state index contributed by atoms with van der Waals surface area (Å²) in [5.74, 6) is 2.60. The van der Waals surface area contributed by atoms with E-state index in [1.165, 1.54) is 4.68 Å². The van der Waals surface area contributed by atoms with Crippen LogP contribution in [-0.2, 0) is 0 Å². The molecule has 4 rings (SSSR count). The molecule has 0 fully saturated rings. The molecule has 36 heavy (non-hydrogen) atoms. The maximum absolute atomic E-state index is 13.6. The van der Waals surface area contributed by atoms with Gasteiger partial charge in [-0.05, 0) is 81.9 Å². The number of fused-ring (bicyclic) bond motifs is 1. The molecule has 4 aromatic rings. The summed E-state index contributed by atoms with van der Waals surface area (Å²) in [5.41, 5.74) is 3.84. The minimum absolute atomic E-state index is 0.215. The van der Waals surface area contributed by atoms with Gasteiger partial charge in [0.1, 0.15) is 5.75 Å². The molecule has 0 saturated carbocycles. The largest absolute Gasteiger partial charge is 0.496 e. The van der Waals surface area contributed by atoms with Crippen molar-refractivity contribution in [2.75, 3.05) is 21.3 Å². The van der Waals surface area contributed by atoms with Crippen molar-refractivity contribution >= 4 is 33.0 Å². The van der Waals surface area contributed by atoms with Crippen molar-refractivity contribution in [1.82, 2.24) is 9.66 Å². The van der Waals surface area contributed by atoms with E-state index in [1.807, 2.05) is 43.3 Å². The summed E-state index contributed by atoms with van der Waals surface area (Å²) in [6, 6.07) is 14.9.